The summed E-state index contributed by atoms with van der Waals surface area (Å²) in [5.41, 5.74) is 0.610. The van der Waals surface area contributed by atoms with Crippen molar-refractivity contribution in [2.75, 3.05) is 6.61 Å². The highest BCUT2D eigenvalue weighted by Gasteiger charge is 2.47. The van der Waals surface area contributed by atoms with Crippen molar-refractivity contribution in [1.29, 1.82) is 0 Å². The number of esters is 2. The fraction of sp³-hybridized carbons (Fsp3) is 0.529. The Balaban J connectivity index is 1.93. The van der Waals surface area contributed by atoms with Gasteiger partial charge in [-0.2, -0.15) is 0 Å². The summed E-state index contributed by atoms with van der Waals surface area (Å²) in [7, 11) is 0. The van der Waals surface area contributed by atoms with Gasteiger partial charge in [0, 0.05) is 12.0 Å². The Labute approximate surface area is 131 Å². The highest BCUT2D eigenvalue weighted by Crippen LogP contribution is 2.31. The molecule has 120 valence electrons. The highest BCUT2D eigenvalue weighted by atomic mass is 16.6. The van der Waals surface area contributed by atoms with E-state index in [2.05, 4.69) is 5.32 Å². The van der Waals surface area contributed by atoms with E-state index in [1.807, 2.05) is 51.1 Å². The van der Waals surface area contributed by atoms with E-state index in [4.69, 9.17) is 9.47 Å². The molecule has 2 atom stereocenters. The number of hydrogen-bond acceptors (Lipinski definition) is 5. The van der Waals surface area contributed by atoms with Gasteiger partial charge >= 0.3 is 11.9 Å². The monoisotopic (exact) mass is 305 g/mol. The number of rotatable bonds is 6. The van der Waals surface area contributed by atoms with E-state index in [9.17, 15) is 9.59 Å². The zero-order valence-corrected chi connectivity index (χ0v) is 13.3. The molecule has 22 heavy (non-hydrogen) atoms. The molecule has 1 fully saturated rings. The van der Waals surface area contributed by atoms with E-state index in [0.29, 0.717) is 13.0 Å². The van der Waals surface area contributed by atoms with Crippen molar-refractivity contribution < 1.29 is 19.1 Å². The summed E-state index contributed by atoms with van der Waals surface area (Å²) < 4.78 is 10.4. The lowest BCUT2D eigenvalue weighted by atomic mass is 9.90. The first-order chi connectivity index (χ1) is 10.4. The Bertz CT molecular complexity index is 527. The molecule has 5 nitrogen and oxygen atoms in total. The van der Waals surface area contributed by atoms with E-state index in [1.54, 1.807) is 0 Å². The number of hydrogen-bond donors (Lipinski definition) is 1. The van der Waals surface area contributed by atoms with Crippen molar-refractivity contribution in [1.82, 2.24) is 5.32 Å². The average molecular weight is 305 g/mol. The van der Waals surface area contributed by atoms with Gasteiger partial charge in [-0.15, -0.1) is 0 Å². The summed E-state index contributed by atoms with van der Waals surface area (Å²) in [5.74, 6) is -0.869. The molecule has 1 N–H and O–H groups in total. The third-order valence-corrected chi connectivity index (χ3v) is 3.83. The lowest BCUT2D eigenvalue weighted by Gasteiger charge is -2.24. The summed E-state index contributed by atoms with van der Waals surface area (Å²) >= 11 is 0. The van der Waals surface area contributed by atoms with Gasteiger partial charge < -0.3 is 14.8 Å². The first kappa shape index (κ1) is 16.5. The number of ether oxygens (including phenoxy) is 2. The Hall–Kier alpha value is -1.88. The Morgan fingerprint density at radius 2 is 2.09 bits per heavy atom. The Morgan fingerprint density at radius 3 is 2.64 bits per heavy atom. The number of carbonyl (C=O) groups excluding carboxylic acids is 2. The fourth-order valence-electron chi connectivity index (χ4n) is 2.36. The molecular weight excluding hydrogens is 282 g/mol. The van der Waals surface area contributed by atoms with E-state index in [0.717, 1.165) is 5.56 Å². The molecule has 1 aromatic rings. The van der Waals surface area contributed by atoms with Gasteiger partial charge in [-0.05, 0) is 12.0 Å². The van der Waals surface area contributed by atoms with Crippen LogP contribution in [0.5, 0.6) is 0 Å². The molecule has 1 aromatic carbocycles. The van der Waals surface area contributed by atoms with Gasteiger partial charge in [0.05, 0.1) is 0 Å². The Morgan fingerprint density at radius 1 is 1.41 bits per heavy atom. The molecule has 0 aliphatic carbocycles. The van der Waals surface area contributed by atoms with E-state index >= 15 is 0 Å². The van der Waals surface area contributed by atoms with Crippen LogP contribution in [0.4, 0.5) is 0 Å². The number of cyclic esters (lactones) is 1. The molecule has 1 saturated heterocycles. The standard InChI is InChI=1S/C17H23NO4/c1-4-13(18-10-12-8-6-5-7-9-12)15(19)22-14-16(20)21-11-17(14,2)3/h5-9,13-14,18H,4,10-11H2,1-3H3/t13-,14+/m1/s1. The summed E-state index contributed by atoms with van der Waals surface area (Å²) in [5, 5.41) is 3.17. The van der Waals surface area contributed by atoms with Gasteiger partial charge in [0.2, 0.25) is 6.10 Å². The number of nitrogens with one attached hydrogen (secondary N) is 1. The van der Waals surface area contributed by atoms with Crippen LogP contribution in [0.25, 0.3) is 0 Å². The second kappa shape index (κ2) is 6.92. The summed E-state index contributed by atoms with van der Waals surface area (Å²) in [6.45, 7) is 6.47. The fourth-order valence-corrected chi connectivity index (χ4v) is 2.36. The van der Waals surface area contributed by atoms with Crippen LogP contribution in [0, 0.1) is 5.41 Å². The van der Waals surface area contributed by atoms with Gasteiger partial charge in [-0.25, -0.2) is 4.79 Å². The molecule has 1 aliphatic heterocycles. The summed E-state index contributed by atoms with van der Waals surface area (Å²) in [6, 6.07) is 9.39. The second-order valence-electron chi connectivity index (χ2n) is 6.24. The molecule has 0 amide bonds. The van der Waals surface area contributed by atoms with E-state index in [-0.39, 0.29) is 6.61 Å². The number of benzene rings is 1. The minimum Gasteiger partial charge on any atom is -0.462 e. The van der Waals surface area contributed by atoms with Crippen molar-refractivity contribution in [3.63, 3.8) is 0 Å². The normalized spacial score (nSPS) is 21.2. The van der Waals surface area contributed by atoms with Gasteiger partial charge in [-0.3, -0.25) is 4.79 Å². The van der Waals surface area contributed by atoms with Gasteiger partial charge in [0.15, 0.2) is 0 Å². The second-order valence-corrected chi connectivity index (χ2v) is 6.24. The van der Waals surface area contributed by atoms with Crippen LogP contribution in [-0.4, -0.2) is 30.7 Å². The maximum atomic E-state index is 12.3. The van der Waals surface area contributed by atoms with Crippen molar-refractivity contribution in [2.45, 2.75) is 45.9 Å². The van der Waals surface area contributed by atoms with E-state index in [1.165, 1.54) is 0 Å². The first-order valence-corrected chi connectivity index (χ1v) is 7.58. The van der Waals surface area contributed by atoms with Crippen LogP contribution in [0.15, 0.2) is 30.3 Å². The average Bonchev–Trinajstić information content (AvgIpc) is 2.76. The minimum absolute atomic E-state index is 0.276. The molecule has 0 spiro atoms. The molecule has 0 radical (unpaired) electrons. The minimum atomic E-state index is -0.826. The third-order valence-electron chi connectivity index (χ3n) is 3.83. The maximum Gasteiger partial charge on any atom is 0.348 e. The molecule has 0 aromatic heterocycles. The van der Waals surface area contributed by atoms with E-state index < -0.39 is 29.5 Å². The van der Waals surface area contributed by atoms with Crippen LogP contribution < -0.4 is 5.32 Å². The maximum absolute atomic E-state index is 12.3. The predicted molar refractivity (Wildman–Crippen MR) is 82.0 cm³/mol. The van der Waals surface area contributed by atoms with Crippen LogP contribution in [0.3, 0.4) is 0 Å². The molecule has 1 aliphatic rings. The lowest BCUT2D eigenvalue weighted by Crippen LogP contribution is -2.43. The van der Waals surface area contributed by atoms with Gasteiger partial charge in [0.25, 0.3) is 0 Å². The summed E-state index contributed by atoms with van der Waals surface area (Å²) in [6.07, 6.45) is -0.235. The topological polar surface area (TPSA) is 64.6 Å². The SMILES string of the molecule is CC[C@@H](NCc1ccccc1)C(=O)O[C@H]1C(=O)OCC1(C)C. The van der Waals surface area contributed by atoms with Gasteiger partial charge in [0.1, 0.15) is 12.6 Å². The van der Waals surface area contributed by atoms with Crippen molar-refractivity contribution in [2.24, 2.45) is 5.41 Å². The third kappa shape index (κ3) is 3.85. The van der Waals surface area contributed by atoms with Crippen LogP contribution in [0.2, 0.25) is 0 Å². The molecule has 0 saturated carbocycles. The molecule has 1 heterocycles. The summed E-state index contributed by atoms with van der Waals surface area (Å²) in [4.78, 5) is 24.0. The van der Waals surface area contributed by atoms with Crippen LogP contribution in [0.1, 0.15) is 32.8 Å². The molecule has 0 unspecified atom stereocenters. The predicted octanol–water partition coefficient (Wildman–Crippen LogP) is 2.05. The van der Waals surface area contributed by atoms with Crippen LogP contribution >= 0.6 is 0 Å². The molecule has 5 heteroatoms. The highest BCUT2D eigenvalue weighted by molar-refractivity contribution is 5.83. The largest absolute Gasteiger partial charge is 0.462 e. The van der Waals surface area contributed by atoms with Crippen molar-refractivity contribution in [3.8, 4) is 0 Å². The zero-order chi connectivity index (χ0) is 16.2. The lowest BCUT2D eigenvalue weighted by molar-refractivity contribution is -0.164. The quantitative estimate of drug-likeness (QED) is 0.815. The molecule has 0 bridgehead atoms. The van der Waals surface area contributed by atoms with Gasteiger partial charge in [-0.1, -0.05) is 51.1 Å². The van der Waals surface area contributed by atoms with Crippen LogP contribution in [-0.2, 0) is 25.6 Å². The zero-order valence-electron chi connectivity index (χ0n) is 13.3. The smallest absolute Gasteiger partial charge is 0.348 e. The number of carbonyl (C=O) groups is 2. The molecular formula is C17H23NO4. The molecule has 2 rings (SSSR count). The van der Waals surface area contributed by atoms with Crippen molar-refractivity contribution in [3.05, 3.63) is 35.9 Å². The van der Waals surface area contributed by atoms with Crippen molar-refractivity contribution >= 4 is 11.9 Å². The Kier molecular flexibility index (Phi) is 5.19. The first-order valence-electron chi connectivity index (χ1n) is 7.58.